The fourth-order valence-electron chi connectivity index (χ4n) is 1.41. The van der Waals surface area contributed by atoms with E-state index in [-0.39, 0.29) is 6.10 Å². The fourth-order valence-corrected chi connectivity index (χ4v) is 2.84. The van der Waals surface area contributed by atoms with Gasteiger partial charge in [-0.3, -0.25) is 0 Å². The second kappa shape index (κ2) is 4.26. The van der Waals surface area contributed by atoms with Crippen molar-refractivity contribution in [2.45, 2.75) is 19.4 Å². The molecule has 3 heteroatoms. The molecular weight excluding hydrogens is 212 g/mol. The van der Waals surface area contributed by atoms with Crippen LogP contribution < -0.4 is 0 Å². The smallest absolute Gasteiger partial charge is 0.0922 e. The van der Waals surface area contributed by atoms with E-state index in [9.17, 15) is 5.11 Å². The summed E-state index contributed by atoms with van der Waals surface area (Å²) < 4.78 is 0. The first kappa shape index (κ1) is 9.90. The van der Waals surface area contributed by atoms with Gasteiger partial charge in [-0.2, -0.15) is 0 Å². The molecule has 0 fully saturated rings. The topological polar surface area (TPSA) is 20.2 Å². The normalized spacial score (nSPS) is 13.0. The molecule has 1 unspecified atom stereocenters. The van der Waals surface area contributed by atoms with Crippen LogP contribution in [-0.2, 0) is 6.42 Å². The highest BCUT2D eigenvalue weighted by Gasteiger charge is 2.09. The molecule has 0 aliphatic rings. The Morgan fingerprint density at radius 1 is 1.43 bits per heavy atom. The van der Waals surface area contributed by atoms with Gasteiger partial charge < -0.3 is 5.11 Å². The van der Waals surface area contributed by atoms with Crippen LogP contribution in [-0.4, -0.2) is 5.11 Å². The summed E-state index contributed by atoms with van der Waals surface area (Å²) in [6.07, 6.45) is 0.384. The molecule has 0 aliphatic heterocycles. The van der Waals surface area contributed by atoms with Crippen LogP contribution in [0.4, 0.5) is 0 Å². The lowest BCUT2D eigenvalue weighted by molar-refractivity contribution is 0.182. The maximum absolute atomic E-state index is 9.89. The number of hydrogen-bond acceptors (Lipinski definition) is 3. The minimum Gasteiger partial charge on any atom is -0.387 e. The predicted octanol–water partition coefficient (Wildman–Crippen LogP) is 3.39. The van der Waals surface area contributed by atoms with Crippen molar-refractivity contribution in [3.63, 3.8) is 0 Å². The molecule has 0 bridgehead atoms. The Hall–Kier alpha value is -0.640. The van der Waals surface area contributed by atoms with E-state index in [1.54, 1.807) is 22.7 Å². The second-order valence-electron chi connectivity index (χ2n) is 3.30. The molecule has 2 aromatic rings. The van der Waals surface area contributed by atoms with Gasteiger partial charge in [-0.1, -0.05) is 6.07 Å². The average molecular weight is 224 g/mol. The molecule has 0 saturated carbocycles. The zero-order valence-corrected chi connectivity index (χ0v) is 9.57. The summed E-state index contributed by atoms with van der Waals surface area (Å²) in [4.78, 5) is 2.35. The van der Waals surface area contributed by atoms with Crippen LogP contribution in [0.2, 0.25) is 0 Å². The Kier molecular flexibility index (Phi) is 3.01. The molecule has 2 heterocycles. The highest BCUT2D eigenvalue weighted by Crippen LogP contribution is 2.24. The van der Waals surface area contributed by atoms with Gasteiger partial charge in [-0.05, 0) is 35.4 Å². The quantitative estimate of drug-likeness (QED) is 0.847. The van der Waals surface area contributed by atoms with E-state index in [1.165, 1.54) is 10.4 Å². The Morgan fingerprint density at radius 2 is 2.29 bits per heavy atom. The van der Waals surface area contributed by atoms with Gasteiger partial charge in [-0.15, -0.1) is 22.7 Å². The number of aryl methyl sites for hydroxylation is 1. The van der Waals surface area contributed by atoms with E-state index >= 15 is 0 Å². The second-order valence-corrected chi connectivity index (χ2v) is 5.40. The first-order valence-electron chi connectivity index (χ1n) is 4.51. The molecule has 14 heavy (non-hydrogen) atoms. The highest BCUT2D eigenvalue weighted by molar-refractivity contribution is 7.10. The van der Waals surface area contributed by atoms with E-state index in [0.29, 0.717) is 0 Å². The lowest BCUT2D eigenvalue weighted by atomic mass is 10.1. The maximum atomic E-state index is 9.89. The van der Waals surface area contributed by atoms with E-state index in [0.717, 1.165) is 11.3 Å². The molecule has 74 valence electrons. The molecule has 1 atom stereocenters. The summed E-state index contributed by atoms with van der Waals surface area (Å²) in [5, 5.41) is 14.0. The van der Waals surface area contributed by atoms with Gasteiger partial charge in [0, 0.05) is 16.2 Å². The van der Waals surface area contributed by atoms with Gasteiger partial charge >= 0.3 is 0 Å². The summed E-state index contributed by atoms with van der Waals surface area (Å²) in [6.45, 7) is 2.09. The number of thiophene rings is 2. The summed E-state index contributed by atoms with van der Waals surface area (Å²) in [6, 6.07) is 6.10. The summed E-state index contributed by atoms with van der Waals surface area (Å²) in [5.74, 6) is 0. The van der Waals surface area contributed by atoms with Crippen molar-refractivity contribution in [3.05, 3.63) is 44.3 Å². The van der Waals surface area contributed by atoms with Crippen LogP contribution in [0.5, 0.6) is 0 Å². The van der Waals surface area contributed by atoms with Crippen molar-refractivity contribution in [2.24, 2.45) is 0 Å². The third-order valence-corrected chi connectivity index (χ3v) is 3.97. The van der Waals surface area contributed by atoms with Crippen LogP contribution in [0.3, 0.4) is 0 Å². The molecule has 0 radical (unpaired) electrons. The SMILES string of the molecule is Cc1cc(CC(O)c2cccs2)cs1. The zero-order valence-electron chi connectivity index (χ0n) is 7.93. The van der Waals surface area contributed by atoms with Crippen LogP contribution in [0.1, 0.15) is 21.4 Å². The van der Waals surface area contributed by atoms with Crippen molar-refractivity contribution in [1.82, 2.24) is 0 Å². The summed E-state index contributed by atoms with van der Waals surface area (Å²) >= 11 is 3.35. The third-order valence-electron chi connectivity index (χ3n) is 2.09. The molecule has 0 spiro atoms. The van der Waals surface area contributed by atoms with Gasteiger partial charge in [0.25, 0.3) is 0 Å². The predicted molar refractivity (Wildman–Crippen MR) is 62.0 cm³/mol. The first-order chi connectivity index (χ1) is 6.75. The standard InChI is InChI=1S/C11H12OS2/c1-8-5-9(7-14-8)6-10(12)11-3-2-4-13-11/h2-5,7,10,12H,6H2,1H3. The molecule has 1 N–H and O–H groups in total. The maximum Gasteiger partial charge on any atom is 0.0922 e. The molecule has 0 aromatic carbocycles. The summed E-state index contributed by atoms with van der Waals surface area (Å²) in [5.41, 5.74) is 1.23. The van der Waals surface area contributed by atoms with Gasteiger partial charge in [0.15, 0.2) is 0 Å². The Labute approximate surface area is 91.7 Å². The summed E-state index contributed by atoms with van der Waals surface area (Å²) in [7, 11) is 0. The fraction of sp³-hybridized carbons (Fsp3) is 0.273. The van der Waals surface area contributed by atoms with Crippen molar-refractivity contribution in [2.75, 3.05) is 0 Å². The van der Waals surface area contributed by atoms with E-state index in [1.807, 2.05) is 17.5 Å². The Bertz CT molecular complexity index is 389. The van der Waals surface area contributed by atoms with E-state index in [2.05, 4.69) is 18.4 Å². The van der Waals surface area contributed by atoms with Crippen molar-refractivity contribution in [3.8, 4) is 0 Å². The van der Waals surface area contributed by atoms with Crippen LogP contribution >= 0.6 is 22.7 Å². The lowest BCUT2D eigenvalue weighted by Gasteiger charge is -2.05. The zero-order chi connectivity index (χ0) is 9.97. The number of aliphatic hydroxyl groups excluding tert-OH is 1. The van der Waals surface area contributed by atoms with Crippen molar-refractivity contribution in [1.29, 1.82) is 0 Å². The number of aliphatic hydroxyl groups is 1. The van der Waals surface area contributed by atoms with Crippen LogP contribution in [0.25, 0.3) is 0 Å². The minimum atomic E-state index is -0.344. The van der Waals surface area contributed by atoms with Gasteiger partial charge in [0.2, 0.25) is 0 Å². The highest BCUT2D eigenvalue weighted by atomic mass is 32.1. The van der Waals surface area contributed by atoms with Crippen molar-refractivity contribution >= 4 is 22.7 Å². The first-order valence-corrected chi connectivity index (χ1v) is 6.27. The number of hydrogen-bond donors (Lipinski definition) is 1. The molecule has 2 rings (SSSR count). The van der Waals surface area contributed by atoms with E-state index < -0.39 is 0 Å². The monoisotopic (exact) mass is 224 g/mol. The van der Waals surface area contributed by atoms with Gasteiger partial charge in [0.05, 0.1) is 6.10 Å². The van der Waals surface area contributed by atoms with Crippen LogP contribution in [0, 0.1) is 6.92 Å². The molecule has 0 saturated heterocycles. The largest absolute Gasteiger partial charge is 0.387 e. The lowest BCUT2D eigenvalue weighted by Crippen LogP contribution is -1.97. The molecule has 0 amide bonds. The number of rotatable bonds is 3. The Morgan fingerprint density at radius 3 is 2.86 bits per heavy atom. The average Bonchev–Trinajstić information content (AvgIpc) is 2.75. The Balaban J connectivity index is 2.05. The van der Waals surface area contributed by atoms with Crippen molar-refractivity contribution < 1.29 is 5.11 Å². The van der Waals surface area contributed by atoms with Gasteiger partial charge in [-0.25, -0.2) is 0 Å². The molecular formula is C11H12OS2. The third kappa shape index (κ3) is 2.23. The molecule has 1 nitrogen and oxygen atoms in total. The van der Waals surface area contributed by atoms with E-state index in [4.69, 9.17) is 0 Å². The van der Waals surface area contributed by atoms with Gasteiger partial charge in [0.1, 0.15) is 0 Å². The van der Waals surface area contributed by atoms with Crippen LogP contribution in [0.15, 0.2) is 29.0 Å². The molecule has 0 aliphatic carbocycles. The molecule has 2 aromatic heterocycles. The minimum absolute atomic E-state index is 0.344.